The second-order valence-electron chi connectivity index (χ2n) is 2.13. The van der Waals surface area contributed by atoms with Gasteiger partial charge in [0.15, 0.2) is 0 Å². The molecule has 0 aliphatic heterocycles. The molecule has 0 aliphatic rings. The fraction of sp³-hybridized carbons (Fsp3) is 0. The smallest absolute Gasteiger partial charge is 0.265 e. The largest absolute Gasteiger partial charge is 0.290 e. The quantitative estimate of drug-likeness (QED) is 0.394. The summed E-state index contributed by atoms with van der Waals surface area (Å²) in [5.41, 5.74) is 1.97. The highest BCUT2D eigenvalue weighted by atomic mass is 35.5. The van der Waals surface area contributed by atoms with Gasteiger partial charge in [0.25, 0.3) is 5.91 Å². The van der Waals surface area contributed by atoms with Gasteiger partial charge < -0.3 is 0 Å². The molecular weight excluding hydrogens is 183 g/mol. The Morgan fingerprint density at radius 2 is 2.17 bits per heavy atom. The van der Waals surface area contributed by atoms with Crippen LogP contribution in [-0.4, -0.2) is 5.91 Å². The lowest BCUT2D eigenvalue weighted by molar-refractivity contribution is 0.0953. The zero-order valence-electron chi connectivity index (χ0n) is 5.97. The van der Waals surface area contributed by atoms with E-state index in [9.17, 15) is 9.18 Å². The summed E-state index contributed by atoms with van der Waals surface area (Å²) in [6.07, 6.45) is 0. The summed E-state index contributed by atoms with van der Waals surface area (Å²) in [5.74, 6) is 3.70. The number of rotatable bonds is 1. The van der Waals surface area contributed by atoms with Crippen molar-refractivity contribution in [3.05, 3.63) is 34.6 Å². The van der Waals surface area contributed by atoms with Crippen molar-refractivity contribution in [1.82, 2.24) is 5.43 Å². The van der Waals surface area contributed by atoms with Gasteiger partial charge in [0.1, 0.15) is 5.82 Å². The zero-order chi connectivity index (χ0) is 9.14. The molecule has 0 aliphatic carbocycles. The third-order valence-electron chi connectivity index (χ3n) is 1.26. The minimum Gasteiger partial charge on any atom is -0.290 e. The molecule has 0 radical (unpaired) electrons. The van der Waals surface area contributed by atoms with Crippen molar-refractivity contribution in [3.63, 3.8) is 0 Å². The van der Waals surface area contributed by atoms with Gasteiger partial charge in [-0.3, -0.25) is 10.2 Å². The van der Waals surface area contributed by atoms with Crippen LogP contribution >= 0.6 is 11.6 Å². The van der Waals surface area contributed by atoms with E-state index in [1.807, 2.05) is 5.43 Å². The molecule has 3 N–H and O–H groups in total. The monoisotopic (exact) mass is 188 g/mol. The lowest BCUT2D eigenvalue weighted by atomic mass is 10.2. The highest BCUT2D eigenvalue weighted by Gasteiger charge is 2.05. The first-order valence-electron chi connectivity index (χ1n) is 3.10. The maximum absolute atomic E-state index is 12.6. The molecule has 1 rings (SSSR count). The number of hydrogen-bond acceptors (Lipinski definition) is 2. The summed E-state index contributed by atoms with van der Waals surface area (Å²) in [7, 11) is 0. The topological polar surface area (TPSA) is 55.1 Å². The van der Waals surface area contributed by atoms with Crippen LogP contribution in [0.15, 0.2) is 18.2 Å². The Hall–Kier alpha value is -1.13. The second kappa shape index (κ2) is 3.51. The average molecular weight is 189 g/mol. The molecule has 1 aromatic carbocycles. The molecule has 1 amide bonds. The molecule has 3 nitrogen and oxygen atoms in total. The van der Waals surface area contributed by atoms with Crippen LogP contribution in [0.25, 0.3) is 0 Å². The van der Waals surface area contributed by atoms with Gasteiger partial charge in [-0.15, -0.1) is 0 Å². The standard InChI is InChI=1S/C7H6ClFN2O/c8-5-1-4(7(12)11-10)2-6(9)3-5/h1-3H,10H2,(H,11,12). The number of halogens is 2. The number of nitrogen functional groups attached to an aromatic ring is 1. The number of hydrazine groups is 1. The van der Waals surface area contributed by atoms with Crippen molar-refractivity contribution < 1.29 is 9.18 Å². The third-order valence-corrected chi connectivity index (χ3v) is 1.47. The minimum atomic E-state index is -0.573. The van der Waals surface area contributed by atoms with Crippen LogP contribution in [0.3, 0.4) is 0 Å². The van der Waals surface area contributed by atoms with Crippen molar-refractivity contribution in [1.29, 1.82) is 0 Å². The van der Waals surface area contributed by atoms with E-state index in [1.165, 1.54) is 6.07 Å². The van der Waals surface area contributed by atoms with E-state index in [0.29, 0.717) is 0 Å². The molecule has 0 spiro atoms. The summed E-state index contributed by atoms with van der Waals surface area (Å²) >= 11 is 5.49. The number of carbonyl (C=O) groups excluding carboxylic acids is 1. The molecule has 0 heterocycles. The molecule has 1 aromatic rings. The molecule has 0 saturated heterocycles. The van der Waals surface area contributed by atoms with Gasteiger partial charge in [-0.2, -0.15) is 0 Å². The van der Waals surface area contributed by atoms with Gasteiger partial charge in [0.2, 0.25) is 0 Å². The van der Waals surface area contributed by atoms with Crippen molar-refractivity contribution in [2.75, 3.05) is 0 Å². The van der Waals surface area contributed by atoms with E-state index < -0.39 is 11.7 Å². The van der Waals surface area contributed by atoms with Crippen LogP contribution in [-0.2, 0) is 0 Å². The van der Waals surface area contributed by atoms with Crippen molar-refractivity contribution in [3.8, 4) is 0 Å². The first kappa shape index (κ1) is 8.96. The van der Waals surface area contributed by atoms with Crippen LogP contribution in [0.1, 0.15) is 10.4 Å². The van der Waals surface area contributed by atoms with Crippen molar-refractivity contribution in [2.45, 2.75) is 0 Å². The van der Waals surface area contributed by atoms with Crippen LogP contribution in [0.5, 0.6) is 0 Å². The maximum Gasteiger partial charge on any atom is 0.265 e. The van der Waals surface area contributed by atoms with Crippen molar-refractivity contribution >= 4 is 17.5 Å². The van der Waals surface area contributed by atoms with Gasteiger partial charge in [-0.25, -0.2) is 10.2 Å². The fourth-order valence-electron chi connectivity index (χ4n) is 0.768. The Morgan fingerprint density at radius 3 is 2.67 bits per heavy atom. The average Bonchev–Trinajstić information content (AvgIpc) is 2.01. The molecule has 0 atom stereocenters. The van der Waals surface area contributed by atoms with Crippen LogP contribution in [0.2, 0.25) is 5.02 Å². The van der Waals surface area contributed by atoms with E-state index in [-0.39, 0.29) is 10.6 Å². The summed E-state index contributed by atoms with van der Waals surface area (Å²) in [4.78, 5) is 10.9. The maximum atomic E-state index is 12.6. The van der Waals surface area contributed by atoms with Gasteiger partial charge in [-0.1, -0.05) is 11.6 Å². The van der Waals surface area contributed by atoms with E-state index >= 15 is 0 Å². The number of hydrogen-bond donors (Lipinski definition) is 2. The predicted molar refractivity (Wildman–Crippen MR) is 43.1 cm³/mol. The van der Waals surface area contributed by atoms with E-state index in [1.54, 1.807) is 0 Å². The van der Waals surface area contributed by atoms with Crippen LogP contribution < -0.4 is 11.3 Å². The number of nitrogens with two attached hydrogens (primary N) is 1. The number of benzene rings is 1. The predicted octanol–water partition coefficient (Wildman–Crippen LogP) is 1.08. The molecule has 0 fully saturated rings. The zero-order valence-corrected chi connectivity index (χ0v) is 6.73. The second-order valence-corrected chi connectivity index (χ2v) is 2.57. The molecule has 0 bridgehead atoms. The highest BCUT2D eigenvalue weighted by molar-refractivity contribution is 6.30. The summed E-state index contributed by atoms with van der Waals surface area (Å²) < 4.78 is 12.6. The Bertz CT molecular complexity index is 296. The first-order chi connectivity index (χ1) is 5.63. The molecular formula is C7H6ClFN2O. The van der Waals surface area contributed by atoms with Gasteiger partial charge >= 0.3 is 0 Å². The third kappa shape index (κ3) is 1.93. The van der Waals surface area contributed by atoms with Crippen molar-refractivity contribution in [2.24, 2.45) is 5.84 Å². The Labute approximate surface area is 73.3 Å². The minimum absolute atomic E-state index is 0.0995. The van der Waals surface area contributed by atoms with E-state index in [4.69, 9.17) is 17.4 Å². The first-order valence-corrected chi connectivity index (χ1v) is 3.48. The number of amides is 1. The van der Waals surface area contributed by atoms with Gasteiger partial charge in [-0.05, 0) is 18.2 Å². The van der Waals surface area contributed by atoms with Crippen LogP contribution in [0, 0.1) is 5.82 Å². The Morgan fingerprint density at radius 1 is 1.50 bits per heavy atom. The summed E-state index contributed by atoms with van der Waals surface area (Å²) in [5, 5.41) is 0.161. The Balaban J connectivity index is 3.08. The molecule has 64 valence electrons. The van der Waals surface area contributed by atoms with E-state index in [2.05, 4.69) is 0 Å². The molecule has 5 heteroatoms. The van der Waals surface area contributed by atoms with Gasteiger partial charge in [0, 0.05) is 10.6 Å². The summed E-state index contributed by atoms with van der Waals surface area (Å²) in [6, 6.07) is 3.48. The molecule has 0 unspecified atom stereocenters. The van der Waals surface area contributed by atoms with Crippen LogP contribution in [0.4, 0.5) is 4.39 Å². The normalized spacial score (nSPS) is 9.58. The SMILES string of the molecule is NNC(=O)c1cc(F)cc(Cl)c1. The van der Waals surface area contributed by atoms with E-state index in [0.717, 1.165) is 12.1 Å². The molecule has 12 heavy (non-hydrogen) atoms. The highest BCUT2D eigenvalue weighted by Crippen LogP contribution is 2.13. The molecule has 0 saturated carbocycles. The Kier molecular flexibility index (Phi) is 2.62. The lowest BCUT2D eigenvalue weighted by Gasteiger charge is -1.99. The number of carbonyl (C=O) groups is 1. The fourth-order valence-corrected chi connectivity index (χ4v) is 0.990. The molecule has 0 aromatic heterocycles. The number of nitrogens with one attached hydrogen (secondary N) is 1. The lowest BCUT2D eigenvalue weighted by Crippen LogP contribution is -2.30. The summed E-state index contributed by atoms with van der Waals surface area (Å²) in [6.45, 7) is 0. The van der Waals surface area contributed by atoms with Gasteiger partial charge in [0.05, 0.1) is 0 Å².